The Bertz CT molecular complexity index is 1320. The van der Waals surface area contributed by atoms with Crippen LogP contribution in [0.2, 0.25) is 0 Å². The number of aromatic nitrogens is 3. The minimum atomic E-state index is -0.184. The first-order valence-corrected chi connectivity index (χ1v) is 12.2. The second-order valence-electron chi connectivity index (χ2n) is 8.85. The number of hydrogen-bond acceptors (Lipinski definition) is 6. The van der Waals surface area contributed by atoms with Crippen LogP contribution in [-0.4, -0.2) is 32.7 Å². The smallest absolute Gasteiger partial charge is 0.167 e. The lowest BCUT2D eigenvalue weighted by atomic mass is 10.1. The average Bonchev–Trinajstić information content (AvgIpc) is 3.59. The van der Waals surface area contributed by atoms with Crippen LogP contribution in [0, 0.1) is 11.8 Å². The van der Waals surface area contributed by atoms with E-state index in [1.54, 1.807) is 6.20 Å². The van der Waals surface area contributed by atoms with Crippen LogP contribution >= 0.6 is 0 Å². The third-order valence-electron chi connectivity index (χ3n) is 6.15. The van der Waals surface area contributed by atoms with Crippen molar-refractivity contribution in [3.8, 4) is 23.2 Å². The van der Waals surface area contributed by atoms with Gasteiger partial charge in [-0.25, -0.2) is 4.98 Å². The first kappa shape index (κ1) is 24.0. The molecule has 1 saturated heterocycles. The number of benzene rings is 2. The van der Waals surface area contributed by atoms with Gasteiger partial charge in [0.1, 0.15) is 17.6 Å². The molecule has 3 heterocycles. The average molecular weight is 484 g/mol. The van der Waals surface area contributed by atoms with Gasteiger partial charge >= 0.3 is 0 Å². The molecule has 7 nitrogen and oxygen atoms in total. The first-order valence-electron chi connectivity index (χ1n) is 12.2. The molecule has 184 valence electrons. The number of rotatable bonds is 7. The summed E-state index contributed by atoms with van der Waals surface area (Å²) in [6.07, 6.45) is 6.48. The van der Waals surface area contributed by atoms with E-state index in [9.17, 15) is 0 Å². The lowest BCUT2D eigenvalue weighted by molar-refractivity contribution is -0.188. The molecule has 4 aromatic rings. The van der Waals surface area contributed by atoms with E-state index in [1.807, 2.05) is 72.3 Å². The molecule has 1 aliphatic heterocycles. The van der Waals surface area contributed by atoms with Crippen LogP contribution < -0.4 is 0 Å². The minimum Gasteiger partial charge on any atom is -0.392 e. The number of aliphatic hydroxyl groups excluding tert-OH is 1. The lowest BCUT2D eigenvalue weighted by Crippen LogP contribution is -2.24. The SMILES string of the molecule is CC(OC1CCCCO1)c1nccn1Cc1cc(-c2ccc(C#Cc3ccc(CO)cc3)cc2)on1. The molecule has 0 spiro atoms. The summed E-state index contributed by atoms with van der Waals surface area (Å²) in [4.78, 5) is 4.50. The van der Waals surface area contributed by atoms with Crippen LogP contribution in [-0.2, 0) is 22.6 Å². The number of ether oxygens (including phenoxy) is 2. The van der Waals surface area contributed by atoms with E-state index in [1.165, 1.54) is 0 Å². The zero-order valence-corrected chi connectivity index (χ0v) is 20.3. The zero-order chi connectivity index (χ0) is 24.7. The Balaban J connectivity index is 1.22. The summed E-state index contributed by atoms with van der Waals surface area (Å²) in [7, 11) is 0. The van der Waals surface area contributed by atoms with Crippen molar-refractivity contribution < 1.29 is 19.1 Å². The molecule has 1 N–H and O–H groups in total. The second-order valence-corrected chi connectivity index (χ2v) is 8.85. The summed E-state index contributed by atoms with van der Waals surface area (Å²) >= 11 is 0. The summed E-state index contributed by atoms with van der Waals surface area (Å²) < 4.78 is 19.4. The second kappa shape index (κ2) is 11.4. The quantitative estimate of drug-likeness (QED) is 0.369. The summed E-state index contributed by atoms with van der Waals surface area (Å²) in [5.74, 6) is 7.85. The molecule has 5 rings (SSSR count). The van der Waals surface area contributed by atoms with Gasteiger partial charge in [-0.1, -0.05) is 29.1 Å². The summed E-state index contributed by atoms with van der Waals surface area (Å²) in [5, 5.41) is 13.4. The van der Waals surface area contributed by atoms with Crippen molar-refractivity contribution in [2.24, 2.45) is 0 Å². The van der Waals surface area contributed by atoms with E-state index in [4.69, 9.17) is 19.1 Å². The van der Waals surface area contributed by atoms with Crippen LogP contribution in [0.5, 0.6) is 0 Å². The van der Waals surface area contributed by atoms with Crippen LogP contribution in [0.1, 0.15) is 60.5 Å². The molecule has 0 amide bonds. The largest absolute Gasteiger partial charge is 0.392 e. The summed E-state index contributed by atoms with van der Waals surface area (Å²) in [6, 6.07) is 17.4. The Morgan fingerprint density at radius 3 is 2.53 bits per heavy atom. The fourth-order valence-corrected chi connectivity index (χ4v) is 4.17. The van der Waals surface area contributed by atoms with E-state index in [-0.39, 0.29) is 19.0 Å². The maximum atomic E-state index is 9.15. The van der Waals surface area contributed by atoms with Gasteiger partial charge in [-0.15, -0.1) is 0 Å². The molecule has 0 bridgehead atoms. The van der Waals surface area contributed by atoms with E-state index in [0.29, 0.717) is 12.3 Å². The van der Waals surface area contributed by atoms with Crippen molar-refractivity contribution in [1.29, 1.82) is 0 Å². The van der Waals surface area contributed by atoms with Gasteiger partial charge in [-0.05, 0) is 68.1 Å². The number of nitrogens with zero attached hydrogens (tertiary/aromatic N) is 3. The molecule has 2 atom stereocenters. The molecule has 2 unspecified atom stereocenters. The highest BCUT2D eigenvalue weighted by Crippen LogP contribution is 2.25. The molecule has 7 heteroatoms. The van der Waals surface area contributed by atoms with Gasteiger partial charge in [0.2, 0.25) is 0 Å². The lowest BCUT2D eigenvalue weighted by Gasteiger charge is -2.26. The molecule has 0 aliphatic carbocycles. The highest BCUT2D eigenvalue weighted by atomic mass is 16.7. The number of imidazole rings is 1. The van der Waals surface area contributed by atoms with Crippen LogP contribution in [0.25, 0.3) is 11.3 Å². The molecule has 0 saturated carbocycles. The van der Waals surface area contributed by atoms with Gasteiger partial charge in [-0.3, -0.25) is 0 Å². The Hall–Kier alpha value is -3.70. The maximum Gasteiger partial charge on any atom is 0.167 e. The van der Waals surface area contributed by atoms with Gasteiger partial charge in [-0.2, -0.15) is 0 Å². The molecule has 2 aromatic carbocycles. The third kappa shape index (κ3) is 5.92. The zero-order valence-electron chi connectivity index (χ0n) is 20.3. The standard InChI is InChI=1S/C29H29N3O4/c1-21(35-28-4-2-3-17-34-28)29-30-15-16-32(29)19-26-18-27(36-31-26)25-13-11-23(12-14-25)6-5-22-7-9-24(20-33)10-8-22/h7-16,18,21,28,33H,2-4,17,19-20H2,1H3. The molecule has 0 radical (unpaired) electrons. The molecular weight excluding hydrogens is 454 g/mol. The van der Waals surface area contributed by atoms with Crippen molar-refractivity contribution in [1.82, 2.24) is 14.7 Å². The molecular formula is C29H29N3O4. The van der Waals surface area contributed by atoms with Gasteiger partial charge < -0.3 is 23.7 Å². The van der Waals surface area contributed by atoms with E-state index < -0.39 is 0 Å². The van der Waals surface area contributed by atoms with Crippen molar-refractivity contribution in [3.05, 3.63) is 95.2 Å². The number of hydrogen-bond donors (Lipinski definition) is 1. The molecule has 1 fully saturated rings. The Kier molecular flexibility index (Phi) is 7.58. The van der Waals surface area contributed by atoms with Crippen molar-refractivity contribution >= 4 is 0 Å². The predicted molar refractivity (Wildman–Crippen MR) is 135 cm³/mol. The van der Waals surface area contributed by atoms with Gasteiger partial charge in [0, 0.05) is 41.8 Å². The third-order valence-corrected chi connectivity index (χ3v) is 6.15. The van der Waals surface area contributed by atoms with E-state index in [0.717, 1.165) is 59.6 Å². The highest BCUT2D eigenvalue weighted by Gasteiger charge is 2.21. The maximum absolute atomic E-state index is 9.15. The van der Waals surface area contributed by atoms with E-state index >= 15 is 0 Å². The van der Waals surface area contributed by atoms with Crippen molar-refractivity contribution in [3.63, 3.8) is 0 Å². The highest BCUT2D eigenvalue weighted by molar-refractivity contribution is 5.59. The fraction of sp³-hybridized carbons (Fsp3) is 0.310. The molecule has 2 aromatic heterocycles. The van der Waals surface area contributed by atoms with E-state index in [2.05, 4.69) is 22.0 Å². The fourth-order valence-electron chi connectivity index (χ4n) is 4.17. The Labute approximate surface area is 210 Å². The van der Waals surface area contributed by atoms with Gasteiger partial charge in [0.15, 0.2) is 12.1 Å². The summed E-state index contributed by atoms with van der Waals surface area (Å²) in [5.41, 5.74) is 4.42. The Morgan fingerprint density at radius 1 is 1.08 bits per heavy atom. The summed E-state index contributed by atoms with van der Waals surface area (Å²) in [6.45, 7) is 3.32. The Morgan fingerprint density at radius 2 is 1.83 bits per heavy atom. The van der Waals surface area contributed by atoms with Gasteiger partial charge in [0.05, 0.1) is 13.2 Å². The predicted octanol–water partition coefficient (Wildman–Crippen LogP) is 5.08. The van der Waals surface area contributed by atoms with Crippen molar-refractivity contribution in [2.75, 3.05) is 6.61 Å². The van der Waals surface area contributed by atoms with Crippen LogP contribution in [0.15, 0.2) is 71.5 Å². The van der Waals surface area contributed by atoms with Crippen molar-refractivity contribution in [2.45, 2.75) is 51.7 Å². The minimum absolute atomic E-state index is 0.0331. The number of aliphatic hydroxyl groups is 1. The van der Waals surface area contributed by atoms with Crippen LogP contribution in [0.4, 0.5) is 0 Å². The molecule has 36 heavy (non-hydrogen) atoms. The topological polar surface area (TPSA) is 82.5 Å². The van der Waals surface area contributed by atoms with Gasteiger partial charge in [0.25, 0.3) is 0 Å². The molecule has 1 aliphatic rings. The first-order chi connectivity index (χ1) is 17.7. The normalized spacial score (nSPS) is 16.3. The van der Waals surface area contributed by atoms with Crippen LogP contribution in [0.3, 0.4) is 0 Å². The monoisotopic (exact) mass is 483 g/mol.